The highest BCUT2D eigenvalue weighted by Gasteiger charge is 2.34. The number of aromatic hydroxyl groups is 4. The zero-order valence-electron chi connectivity index (χ0n) is 36.4. The first kappa shape index (κ1) is 50.3. The summed E-state index contributed by atoms with van der Waals surface area (Å²) in [5.41, 5.74) is 0.0317. The maximum absolute atomic E-state index is 13.1. The van der Waals surface area contributed by atoms with Crippen LogP contribution in [0.1, 0.15) is 70.5 Å². The Morgan fingerprint density at radius 1 is 0.636 bits per heavy atom. The standard InChI is InChI=1S/C24H28ClNO10.C20H18ClNO8/c1-12-7-14-22(35-11-32-3)15(8-18(23(14)33-4)34-10-31-2)26-19(29)6-5-13-20(24(30)36-12)16(27)9-17(28)21(13)25;1-8-5-10-18(27)11(6-14(25)19(10)29-2)22-15(26)4-3-9-16(20(28)30-8)12(23)7-13(24)17(9)21/h8-9,12,27-28H,5-7,10-11H2,1-4H3,(H,26,29);6-8,23-24H,3-5H2,1-2H3,(H,22,26). The van der Waals surface area contributed by atoms with Crippen molar-refractivity contribution in [2.24, 2.45) is 0 Å². The topological polar surface area (TPSA) is 281 Å². The number of fused-ring (bicyclic) bond motifs is 6. The SMILES string of the molecule is COC1=C2CC(C)OC(=O)c3c(O)cc(O)c(Cl)c3CCC(=O)NC(=CC1=O)C2=O.COCOc1cc2c(OCOC)c(c1OC)CC(C)OC(=O)c1c(O)cc(O)c(Cl)c1CCC(=O)N2. The fourth-order valence-corrected chi connectivity index (χ4v) is 7.69. The molecule has 3 aromatic carbocycles. The first-order valence-corrected chi connectivity index (χ1v) is 20.6. The molecule has 3 aliphatic rings. The Kier molecular flexibility index (Phi) is 16.7. The van der Waals surface area contributed by atoms with Crippen molar-refractivity contribution in [3.05, 3.63) is 79.2 Å². The molecule has 22 heteroatoms. The molecule has 2 atom stereocenters. The lowest BCUT2D eigenvalue weighted by Gasteiger charge is -2.23. The van der Waals surface area contributed by atoms with E-state index < -0.39 is 70.5 Å². The van der Waals surface area contributed by atoms with Gasteiger partial charge in [0.2, 0.25) is 23.4 Å². The molecule has 0 saturated heterocycles. The van der Waals surface area contributed by atoms with E-state index in [-0.39, 0.29) is 124 Å². The number of hydrogen-bond donors (Lipinski definition) is 6. The lowest BCUT2D eigenvalue weighted by atomic mass is 9.94. The van der Waals surface area contributed by atoms with E-state index in [4.69, 9.17) is 61.1 Å². The third kappa shape index (κ3) is 11.2. The number of ketones is 2. The summed E-state index contributed by atoms with van der Waals surface area (Å²) >= 11 is 12.3. The molecule has 0 spiro atoms. The molecule has 6 rings (SSSR count). The molecule has 2 heterocycles. The minimum absolute atomic E-state index is 0.0249. The quantitative estimate of drug-likeness (QED) is 0.0975. The Morgan fingerprint density at radius 2 is 1.15 bits per heavy atom. The van der Waals surface area contributed by atoms with Gasteiger partial charge in [0.15, 0.2) is 36.6 Å². The number of ether oxygens (including phenoxy) is 8. The smallest absolute Gasteiger partial charge is 0.342 e. The number of benzene rings is 3. The Balaban J connectivity index is 0.000000251. The third-order valence-electron chi connectivity index (χ3n) is 10.0. The second-order valence-electron chi connectivity index (χ2n) is 14.7. The number of allylic oxidation sites excluding steroid dienone is 2. The Labute approximate surface area is 386 Å². The molecule has 3 aromatic rings. The van der Waals surface area contributed by atoms with E-state index in [1.165, 1.54) is 41.4 Å². The molecule has 6 N–H and O–H groups in total. The van der Waals surface area contributed by atoms with Crippen LogP contribution in [-0.4, -0.2) is 110 Å². The van der Waals surface area contributed by atoms with Crippen LogP contribution < -0.4 is 24.8 Å². The molecule has 20 nitrogen and oxygen atoms in total. The van der Waals surface area contributed by atoms with Crippen LogP contribution in [0.5, 0.6) is 40.2 Å². The van der Waals surface area contributed by atoms with Gasteiger partial charge in [0.05, 0.1) is 41.2 Å². The summed E-state index contributed by atoms with van der Waals surface area (Å²) in [7, 11) is 5.57. The minimum atomic E-state index is -0.957. The molecular formula is C44H46Cl2N2O18. The number of esters is 2. The minimum Gasteiger partial charge on any atom is -0.507 e. The van der Waals surface area contributed by atoms with Crippen LogP contribution in [0.25, 0.3) is 0 Å². The largest absolute Gasteiger partial charge is 0.507 e. The molecular weight excluding hydrogens is 915 g/mol. The number of amides is 2. The second kappa shape index (κ2) is 22.0. The summed E-state index contributed by atoms with van der Waals surface area (Å²) in [6.45, 7) is 2.89. The zero-order valence-corrected chi connectivity index (χ0v) is 37.9. The number of phenols is 4. The number of cyclic esters (lactones) is 2. The lowest BCUT2D eigenvalue weighted by molar-refractivity contribution is -0.123. The molecule has 0 aromatic heterocycles. The van der Waals surface area contributed by atoms with Gasteiger partial charge in [-0.1, -0.05) is 23.2 Å². The lowest BCUT2D eigenvalue weighted by Crippen LogP contribution is -2.33. The third-order valence-corrected chi connectivity index (χ3v) is 10.9. The van der Waals surface area contributed by atoms with Gasteiger partial charge in [-0.3, -0.25) is 19.2 Å². The van der Waals surface area contributed by atoms with Gasteiger partial charge in [0.1, 0.15) is 46.3 Å². The van der Waals surface area contributed by atoms with Crippen molar-refractivity contribution in [3.63, 3.8) is 0 Å². The van der Waals surface area contributed by atoms with Crippen molar-refractivity contribution in [1.82, 2.24) is 5.32 Å². The number of carbonyl (C=O) groups is 6. The highest BCUT2D eigenvalue weighted by Crippen LogP contribution is 2.46. The highest BCUT2D eigenvalue weighted by atomic mass is 35.5. The van der Waals surface area contributed by atoms with Crippen molar-refractivity contribution in [2.45, 2.75) is 64.6 Å². The van der Waals surface area contributed by atoms with Crippen LogP contribution in [0, 0.1) is 0 Å². The Hall–Kier alpha value is -6.74. The number of halogens is 2. The van der Waals surface area contributed by atoms with E-state index >= 15 is 0 Å². The Morgan fingerprint density at radius 3 is 1.67 bits per heavy atom. The predicted molar refractivity (Wildman–Crippen MR) is 231 cm³/mol. The fraction of sp³-hybridized carbons (Fsp3) is 0.364. The van der Waals surface area contributed by atoms with E-state index in [2.05, 4.69) is 10.6 Å². The molecule has 1 aliphatic carbocycles. The average Bonchev–Trinajstić information content (AvgIpc) is 3.25. The van der Waals surface area contributed by atoms with Crippen molar-refractivity contribution >= 4 is 64.2 Å². The van der Waals surface area contributed by atoms with Gasteiger partial charge in [0, 0.05) is 69.7 Å². The number of Topliss-reactive ketones (excluding diaryl/α,β-unsaturated/α-hetero) is 1. The number of hydrogen-bond acceptors (Lipinski definition) is 18. The van der Waals surface area contributed by atoms with Gasteiger partial charge in [-0.2, -0.15) is 0 Å². The molecule has 2 unspecified atom stereocenters. The fourth-order valence-electron chi connectivity index (χ4n) is 7.21. The first-order chi connectivity index (χ1) is 31.3. The summed E-state index contributed by atoms with van der Waals surface area (Å²) in [4.78, 5) is 76.2. The maximum atomic E-state index is 13.1. The monoisotopic (exact) mass is 960 g/mol. The van der Waals surface area contributed by atoms with Crippen LogP contribution in [0.4, 0.5) is 5.69 Å². The first-order valence-electron chi connectivity index (χ1n) is 19.9. The van der Waals surface area contributed by atoms with Crippen LogP contribution in [0.3, 0.4) is 0 Å². The van der Waals surface area contributed by atoms with Gasteiger partial charge >= 0.3 is 11.9 Å². The summed E-state index contributed by atoms with van der Waals surface area (Å²) in [5, 5.41) is 45.3. The van der Waals surface area contributed by atoms with E-state index in [0.29, 0.717) is 5.56 Å². The zero-order chi connectivity index (χ0) is 48.6. The number of rotatable bonds is 8. The van der Waals surface area contributed by atoms with Crippen molar-refractivity contribution in [3.8, 4) is 40.2 Å². The van der Waals surface area contributed by atoms with Crippen LogP contribution in [-0.2, 0) is 62.1 Å². The number of anilines is 1. The summed E-state index contributed by atoms with van der Waals surface area (Å²) in [5.74, 6) is -5.55. The summed E-state index contributed by atoms with van der Waals surface area (Å²) in [6, 6.07) is 3.38. The molecule has 2 aliphatic heterocycles. The molecule has 354 valence electrons. The van der Waals surface area contributed by atoms with Gasteiger partial charge < -0.3 is 69.0 Å². The van der Waals surface area contributed by atoms with Gasteiger partial charge in [-0.25, -0.2) is 9.59 Å². The van der Waals surface area contributed by atoms with Crippen LogP contribution in [0.15, 0.2) is 41.3 Å². The van der Waals surface area contributed by atoms with Crippen molar-refractivity contribution in [2.75, 3.05) is 47.3 Å². The molecule has 0 radical (unpaired) electrons. The van der Waals surface area contributed by atoms with E-state index in [0.717, 1.165) is 18.2 Å². The van der Waals surface area contributed by atoms with Crippen molar-refractivity contribution in [1.29, 1.82) is 0 Å². The van der Waals surface area contributed by atoms with E-state index in [1.807, 2.05) is 0 Å². The molecule has 4 bridgehead atoms. The van der Waals surface area contributed by atoms with Crippen LogP contribution in [0.2, 0.25) is 10.0 Å². The Bertz CT molecular complexity index is 2520. The van der Waals surface area contributed by atoms with Crippen LogP contribution >= 0.6 is 23.2 Å². The van der Waals surface area contributed by atoms with E-state index in [1.54, 1.807) is 6.92 Å². The number of phenolic OH excluding ortho intramolecular Hbond substituents is 4. The number of methoxy groups -OCH3 is 4. The number of nitrogens with one attached hydrogen (secondary N) is 2. The molecule has 2 amide bonds. The van der Waals surface area contributed by atoms with E-state index in [9.17, 15) is 49.2 Å². The molecule has 0 fully saturated rings. The van der Waals surface area contributed by atoms with Gasteiger partial charge in [0.25, 0.3) is 0 Å². The number of carbonyl (C=O) groups excluding carboxylic acids is 6. The maximum Gasteiger partial charge on any atom is 0.342 e. The van der Waals surface area contributed by atoms with Gasteiger partial charge in [-0.05, 0) is 37.8 Å². The summed E-state index contributed by atoms with van der Waals surface area (Å²) < 4.78 is 43.1. The normalized spacial score (nSPS) is 17.9. The highest BCUT2D eigenvalue weighted by molar-refractivity contribution is 6.34. The predicted octanol–water partition coefficient (Wildman–Crippen LogP) is 5.08. The molecule has 0 saturated carbocycles. The van der Waals surface area contributed by atoms with Crippen molar-refractivity contribution < 1.29 is 87.1 Å². The molecule has 66 heavy (non-hydrogen) atoms. The second-order valence-corrected chi connectivity index (χ2v) is 15.5. The average molecular weight is 962 g/mol. The summed E-state index contributed by atoms with van der Waals surface area (Å²) in [6.07, 6.45) is -1.42. The van der Waals surface area contributed by atoms with Gasteiger partial charge in [-0.15, -0.1) is 0 Å².